The fourth-order valence-electron chi connectivity index (χ4n) is 3.49. The molecule has 1 amide bonds. The van der Waals surface area contributed by atoms with Gasteiger partial charge in [-0.2, -0.15) is 0 Å². The van der Waals surface area contributed by atoms with E-state index in [1.165, 1.54) is 6.42 Å². The molecule has 3 unspecified atom stereocenters. The van der Waals surface area contributed by atoms with Gasteiger partial charge in [0.25, 0.3) is 0 Å². The van der Waals surface area contributed by atoms with Crippen molar-refractivity contribution in [1.82, 2.24) is 10.3 Å². The first-order chi connectivity index (χ1) is 9.79. The Hall–Kier alpha value is -1.94. The van der Waals surface area contributed by atoms with Crippen molar-refractivity contribution in [3.63, 3.8) is 0 Å². The van der Waals surface area contributed by atoms with E-state index in [0.29, 0.717) is 12.1 Å². The number of aromatic nitrogens is 1. The van der Waals surface area contributed by atoms with Crippen molar-refractivity contribution < 1.29 is 4.79 Å². The molecule has 0 spiro atoms. The van der Waals surface area contributed by atoms with E-state index in [-0.39, 0.29) is 11.8 Å². The van der Waals surface area contributed by atoms with Crippen molar-refractivity contribution in [3.8, 4) is 0 Å². The second-order valence-corrected chi connectivity index (χ2v) is 5.80. The van der Waals surface area contributed by atoms with E-state index >= 15 is 0 Å². The summed E-state index contributed by atoms with van der Waals surface area (Å²) in [6, 6.07) is 10.8. The summed E-state index contributed by atoms with van der Waals surface area (Å²) in [5.41, 5.74) is 1.74. The number of nitrogens with one attached hydrogen (secondary N) is 2. The molecule has 20 heavy (non-hydrogen) atoms. The van der Waals surface area contributed by atoms with Crippen molar-refractivity contribution in [2.24, 2.45) is 5.92 Å². The Labute approximate surface area is 117 Å². The van der Waals surface area contributed by atoms with Gasteiger partial charge in [0.2, 0.25) is 5.91 Å². The van der Waals surface area contributed by atoms with Crippen LogP contribution in [0.5, 0.6) is 0 Å². The van der Waals surface area contributed by atoms with Crippen molar-refractivity contribution in [3.05, 3.63) is 36.5 Å². The fraction of sp³-hybridized carbons (Fsp3) is 0.375. The van der Waals surface area contributed by atoms with Gasteiger partial charge < -0.3 is 10.6 Å². The van der Waals surface area contributed by atoms with Crippen LogP contribution in [0, 0.1) is 5.92 Å². The highest BCUT2D eigenvalue weighted by Crippen LogP contribution is 2.34. The number of carbonyl (C=O) groups excluding carboxylic acids is 1. The molecular formula is C16H17N3O. The summed E-state index contributed by atoms with van der Waals surface area (Å²) in [5.74, 6) is 0.238. The molecule has 3 heterocycles. The zero-order chi connectivity index (χ0) is 13.5. The van der Waals surface area contributed by atoms with Crippen molar-refractivity contribution in [2.45, 2.75) is 31.3 Å². The second-order valence-electron chi connectivity index (χ2n) is 5.80. The summed E-state index contributed by atoms with van der Waals surface area (Å²) in [6.07, 6.45) is 5.04. The third-order valence-corrected chi connectivity index (χ3v) is 4.49. The van der Waals surface area contributed by atoms with Gasteiger partial charge in [-0.05, 0) is 31.4 Å². The third-order valence-electron chi connectivity index (χ3n) is 4.49. The lowest BCUT2D eigenvalue weighted by Gasteiger charge is -2.19. The minimum absolute atomic E-state index is 0.111. The summed E-state index contributed by atoms with van der Waals surface area (Å²) in [7, 11) is 0. The van der Waals surface area contributed by atoms with Gasteiger partial charge in [-0.25, -0.2) is 0 Å². The van der Waals surface area contributed by atoms with Gasteiger partial charge in [-0.15, -0.1) is 0 Å². The SMILES string of the molecule is O=C(Nc1cnc2ccccc2c1)C1CC2CCC1N2. The minimum atomic E-state index is 0.111. The Morgan fingerprint density at radius 1 is 1.30 bits per heavy atom. The average molecular weight is 267 g/mol. The van der Waals surface area contributed by atoms with Crippen LogP contribution in [0.25, 0.3) is 10.9 Å². The summed E-state index contributed by atoms with van der Waals surface area (Å²) < 4.78 is 0. The van der Waals surface area contributed by atoms with Crippen LogP contribution >= 0.6 is 0 Å². The Bertz CT molecular complexity index is 670. The molecule has 2 fully saturated rings. The highest BCUT2D eigenvalue weighted by atomic mass is 16.2. The number of nitrogens with zero attached hydrogens (tertiary/aromatic N) is 1. The standard InChI is InChI=1S/C16H17N3O/c20-16(13-8-11-5-6-15(13)18-11)19-12-7-10-3-1-2-4-14(10)17-9-12/h1-4,7,9,11,13,15,18H,5-6,8H2,(H,19,20). The molecule has 1 aromatic carbocycles. The van der Waals surface area contributed by atoms with Crippen LogP contribution in [0.4, 0.5) is 5.69 Å². The van der Waals surface area contributed by atoms with Gasteiger partial charge in [-0.3, -0.25) is 9.78 Å². The molecule has 0 aliphatic carbocycles. The van der Waals surface area contributed by atoms with E-state index in [1.807, 2.05) is 30.3 Å². The number of fused-ring (bicyclic) bond motifs is 3. The predicted octanol–water partition coefficient (Wildman–Crippen LogP) is 2.31. The molecule has 2 aliphatic rings. The zero-order valence-corrected chi connectivity index (χ0v) is 11.2. The van der Waals surface area contributed by atoms with E-state index in [0.717, 1.165) is 29.4 Å². The van der Waals surface area contributed by atoms with Crippen LogP contribution in [-0.2, 0) is 4.79 Å². The summed E-state index contributed by atoms with van der Waals surface area (Å²) >= 11 is 0. The topological polar surface area (TPSA) is 54.0 Å². The first kappa shape index (κ1) is 11.9. The molecule has 4 heteroatoms. The first-order valence-corrected chi connectivity index (χ1v) is 7.21. The number of pyridine rings is 1. The number of benzene rings is 1. The maximum atomic E-state index is 12.4. The van der Waals surface area contributed by atoms with Gasteiger partial charge in [0.05, 0.1) is 23.3 Å². The van der Waals surface area contributed by atoms with E-state index < -0.39 is 0 Å². The Morgan fingerprint density at radius 2 is 2.20 bits per heavy atom. The largest absolute Gasteiger partial charge is 0.324 e. The lowest BCUT2D eigenvalue weighted by atomic mass is 9.88. The molecule has 2 bridgehead atoms. The zero-order valence-electron chi connectivity index (χ0n) is 11.2. The first-order valence-electron chi connectivity index (χ1n) is 7.21. The van der Waals surface area contributed by atoms with E-state index in [9.17, 15) is 4.79 Å². The van der Waals surface area contributed by atoms with Gasteiger partial charge in [0.15, 0.2) is 0 Å². The number of para-hydroxylation sites is 1. The summed E-state index contributed by atoms with van der Waals surface area (Å²) in [6.45, 7) is 0. The predicted molar refractivity (Wildman–Crippen MR) is 78.4 cm³/mol. The van der Waals surface area contributed by atoms with Gasteiger partial charge in [0, 0.05) is 17.5 Å². The van der Waals surface area contributed by atoms with E-state index in [2.05, 4.69) is 15.6 Å². The van der Waals surface area contributed by atoms with Crippen LogP contribution in [0.3, 0.4) is 0 Å². The molecule has 1 aromatic heterocycles. The van der Waals surface area contributed by atoms with Gasteiger partial charge in [0.1, 0.15) is 0 Å². The van der Waals surface area contributed by atoms with Crippen LogP contribution in [-0.4, -0.2) is 23.0 Å². The van der Waals surface area contributed by atoms with Crippen molar-refractivity contribution >= 4 is 22.5 Å². The Morgan fingerprint density at radius 3 is 3.00 bits per heavy atom. The number of anilines is 1. The fourth-order valence-corrected chi connectivity index (χ4v) is 3.49. The smallest absolute Gasteiger partial charge is 0.229 e. The number of hydrogen-bond donors (Lipinski definition) is 2. The highest BCUT2D eigenvalue weighted by molar-refractivity contribution is 5.95. The monoisotopic (exact) mass is 267 g/mol. The van der Waals surface area contributed by atoms with E-state index in [1.54, 1.807) is 6.20 Å². The molecule has 3 atom stereocenters. The maximum absolute atomic E-state index is 12.4. The molecule has 4 nitrogen and oxygen atoms in total. The average Bonchev–Trinajstić information content (AvgIpc) is 3.10. The normalized spacial score (nSPS) is 27.9. The lowest BCUT2D eigenvalue weighted by Crippen LogP contribution is -2.32. The molecule has 0 saturated carbocycles. The van der Waals surface area contributed by atoms with Crippen LogP contribution in [0.1, 0.15) is 19.3 Å². The molecule has 4 rings (SSSR count). The third kappa shape index (κ3) is 1.96. The molecular weight excluding hydrogens is 250 g/mol. The molecule has 2 aromatic rings. The molecule has 2 saturated heterocycles. The van der Waals surface area contributed by atoms with Crippen LogP contribution < -0.4 is 10.6 Å². The Balaban J connectivity index is 1.53. The number of carbonyl (C=O) groups is 1. The van der Waals surface area contributed by atoms with Crippen molar-refractivity contribution in [2.75, 3.05) is 5.32 Å². The highest BCUT2D eigenvalue weighted by Gasteiger charge is 2.42. The van der Waals surface area contributed by atoms with Crippen LogP contribution in [0.2, 0.25) is 0 Å². The number of amides is 1. The van der Waals surface area contributed by atoms with Crippen LogP contribution in [0.15, 0.2) is 36.5 Å². The molecule has 2 aliphatic heterocycles. The quantitative estimate of drug-likeness (QED) is 0.878. The van der Waals surface area contributed by atoms with E-state index in [4.69, 9.17) is 0 Å². The molecule has 102 valence electrons. The van der Waals surface area contributed by atoms with Crippen molar-refractivity contribution in [1.29, 1.82) is 0 Å². The maximum Gasteiger partial charge on any atom is 0.229 e. The lowest BCUT2D eigenvalue weighted by molar-refractivity contribution is -0.120. The summed E-state index contributed by atoms with van der Waals surface area (Å²) in [4.78, 5) is 16.7. The Kier molecular flexibility index (Phi) is 2.70. The van der Waals surface area contributed by atoms with Gasteiger partial charge in [-0.1, -0.05) is 18.2 Å². The number of rotatable bonds is 2. The molecule has 2 N–H and O–H groups in total. The van der Waals surface area contributed by atoms with Gasteiger partial charge >= 0.3 is 0 Å². The second kappa shape index (κ2) is 4.56. The number of hydrogen-bond acceptors (Lipinski definition) is 3. The minimum Gasteiger partial charge on any atom is -0.324 e. The molecule has 0 radical (unpaired) electrons. The summed E-state index contributed by atoms with van der Waals surface area (Å²) in [5, 5.41) is 7.57.